The van der Waals surface area contributed by atoms with Crippen molar-refractivity contribution in [3.8, 4) is 11.3 Å². The Morgan fingerprint density at radius 2 is 1.96 bits per heavy atom. The van der Waals surface area contributed by atoms with Crippen LogP contribution in [0.2, 0.25) is 0 Å². The number of carbonyl (C=O) groups is 2. The summed E-state index contributed by atoms with van der Waals surface area (Å²) in [6.07, 6.45) is -0.763. The fourth-order valence-corrected chi connectivity index (χ4v) is 8.01. The first-order valence-electron chi connectivity index (χ1n) is 15.1. The zero-order chi connectivity index (χ0) is 32.3. The van der Waals surface area contributed by atoms with E-state index in [1.807, 2.05) is 0 Å². The number of alkyl halides is 3. The minimum atomic E-state index is -4.55. The molecule has 1 amide bonds. The highest BCUT2D eigenvalue weighted by Gasteiger charge is 2.47. The van der Waals surface area contributed by atoms with Crippen molar-refractivity contribution in [1.29, 1.82) is 0 Å². The van der Waals surface area contributed by atoms with Crippen LogP contribution in [0.15, 0.2) is 40.9 Å². The number of carboxylic acids is 1. The second-order valence-electron chi connectivity index (χ2n) is 12.3. The summed E-state index contributed by atoms with van der Waals surface area (Å²) >= 11 is 1.28. The number of halogens is 4. The van der Waals surface area contributed by atoms with Gasteiger partial charge < -0.3 is 24.6 Å². The van der Waals surface area contributed by atoms with Crippen molar-refractivity contribution in [3.05, 3.63) is 64.7 Å². The Kier molecular flexibility index (Phi) is 7.74. The maximum absolute atomic E-state index is 15.0. The Balaban J connectivity index is 1.10. The van der Waals surface area contributed by atoms with Crippen LogP contribution in [-0.4, -0.2) is 51.9 Å². The number of hydrogen-bond acceptors (Lipinski definition) is 8. The number of fused-ring (bicyclic) bond motifs is 3. The molecule has 2 bridgehead atoms. The van der Waals surface area contributed by atoms with Crippen LogP contribution in [-0.2, 0) is 22.3 Å². The highest BCUT2D eigenvalue weighted by molar-refractivity contribution is 7.22. The second-order valence-corrected chi connectivity index (χ2v) is 13.3. The summed E-state index contributed by atoms with van der Waals surface area (Å²) in [7, 11) is 0. The van der Waals surface area contributed by atoms with Gasteiger partial charge in [0.2, 0.25) is 0 Å². The maximum atomic E-state index is 15.0. The summed E-state index contributed by atoms with van der Waals surface area (Å²) in [5.74, 6) is -1.55. The quantitative estimate of drug-likeness (QED) is 0.190. The molecule has 3 aliphatic rings. The van der Waals surface area contributed by atoms with E-state index in [2.05, 4.69) is 27.3 Å². The lowest BCUT2D eigenvalue weighted by Crippen LogP contribution is -2.46. The number of aliphatic carboxylic acids is 1. The lowest BCUT2D eigenvalue weighted by atomic mass is 9.97. The van der Waals surface area contributed by atoms with Crippen molar-refractivity contribution < 1.29 is 41.5 Å². The molecule has 2 saturated heterocycles. The molecule has 7 rings (SSSR count). The van der Waals surface area contributed by atoms with Gasteiger partial charge in [-0.2, -0.15) is 13.2 Å². The predicted molar refractivity (Wildman–Crippen MR) is 160 cm³/mol. The molecule has 4 heterocycles. The molecule has 4 aromatic rings. The Bertz CT molecular complexity index is 1820. The predicted octanol–water partition coefficient (Wildman–Crippen LogP) is 6.76. The van der Waals surface area contributed by atoms with Crippen LogP contribution in [0.3, 0.4) is 0 Å². The van der Waals surface area contributed by atoms with E-state index in [9.17, 15) is 22.8 Å². The van der Waals surface area contributed by atoms with Gasteiger partial charge in [0, 0.05) is 34.7 Å². The third-order valence-electron chi connectivity index (χ3n) is 9.13. The summed E-state index contributed by atoms with van der Waals surface area (Å²) in [6, 6.07) is 8.03. The van der Waals surface area contributed by atoms with Crippen LogP contribution in [0.4, 0.5) is 22.7 Å². The molecule has 242 valence electrons. The fourth-order valence-electron chi connectivity index (χ4n) is 6.86. The van der Waals surface area contributed by atoms with Gasteiger partial charge in [-0.1, -0.05) is 41.6 Å². The zero-order valence-corrected chi connectivity index (χ0v) is 25.5. The van der Waals surface area contributed by atoms with E-state index < -0.39 is 36.0 Å². The number of anilines is 1. The molecule has 3 fully saturated rings. The van der Waals surface area contributed by atoms with Crippen LogP contribution in [0.1, 0.15) is 72.2 Å². The molecular formula is C32H30F4N4O5S. The average molecular weight is 659 g/mol. The summed E-state index contributed by atoms with van der Waals surface area (Å²) in [5, 5.41) is 15.8. The average Bonchev–Trinajstić information content (AvgIpc) is 3.55. The van der Waals surface area contributed by atoms with Crippen molar-refractivity contribution in [2.24, 2.45) is 5.92 Å². The van der Waals surface area contributed by atoms with E-state index in [0.29, 0.717) is 39.9 Å². The van der Waals surface area contributed by atoms with Crippen LogP contribution < -0.4 is 10.2 Å². The van der Waals surface area contributed by atoms with E-state index >= 15 is 4.39 Å². The molecule has 9 nitrogen and oxygen atoms in total. The van der Waals surface area contributed by atoms with Crippen molar-refractivity contribution in [1.82, 2.24) is 15.5 Å². The summed E-state index contributed by atoms with van der Waals surface area (Å²) in [6.45, 7) is 1.65. The van der Waals surface area contributed by atoms with Crippen molar-refractivity contribution >= 4 is 38.6 Å². The molecule has 3 unspecified atom stereocenters. The van der Waals surface area contributed by atoms with Gasteiger partial charge in [-0.15, -0.1) is 0 Å². The van der Waals surface area contributed by atoms with E-state index in [1.165, 1.54) is 29.5 Å². The largest absolute Gasteiger partial charge is 0.480 e. The summed E-state index contributed by atoms with van der Waals surface area (Å²) in [4.78, 5) is 30.0. The number of benzene rings is 2. The van der Waals surface area contributed by atoms with Gasteiger partial charge in [0.05, 0.1) is 23.0 Å². The first-order chi connectivity index (χ1) is 22.0. The molecular weight excluding hydrogens is 628 g/mol. The third kappa shape index (κ3) is 5.72. The number of rotatable bonds is 9. The van der Waals surface area contributed by atoms with Gasteiger partial charge >= 0.3 is 12.1 Å². The van der Waals surface area contributed by atoms with E-state index in [1.54, 1.807) is 6.07 Å². The Labute approximate surface area is 264 Å². The van der Waals surface area contributed by atoms with Gasteiger partial charge in [0.15, 0.2) is 10.9 Å². The highest BCUT2D eigenvalue weighted by Crippen LogP contribution is 2.48. The SMILES string of the molecule is C[C@@H]1CC2CC(OCc3c(-c4ccccc4C(F)(F)F)noc3C3CC3)CC1N2c1nc2c(F)cc(C(=O)NCC(=O)O)cc2s1. The molecule has 0 spiro atoms. The standard InChI is InChI=1S/C32H30F4N4O5S/c1-15-8-18-11-19(44-14-21-27(39-45-29(21)16-6-7-16)20-4-2-3-5-22(20)32(34,35)36)12-24(15)40(18)31-38-28-23(33)9-17(10-25(28)46-31)30(43)37-13-26(41)42/h2-5,9-10,15-16,18-19,24H,6-8,11-14H2,1H3,(H,37,43)(H,41,42)/t15-,18?,19?,24?/m1/s1. The van der Waals surface area contributed by atoms with Gasteiger partial charge in [-0.25, -0.2) is 9.37 Å². The van der Waals surface area contributed by atoms with E-state index in [4.69, 9.17) is 14.4 Å². The lowest BCUT2D eigenvalue weighted by molar-refractivity contribution is -0.137. The van der Waals surface area contributed by atoms with Gasteiger partial charge in [0.1, 0.15) is 23.5 Å². The van der Waals surface area contributed by atoms with Crippen molar-refractivity contribution in [3.63, 3.8) is 0 Å². The number of hydrogen-bond donors (Lipinski definition) is 2. The first kappa shape index (κ1) is 30.6. The smallest absolute Gasteiger partial charge is 0.417 e. The van der Waals surface area contributed by atoms with Crippen molar-refractivity contribution in [2.45, 2.75) is 75.9 Å². The Hall–Kier alpha value is -4.04. The zero-order valence-electron chi connectivity index (χ0n) is 24.6. The van der Waals surface area contributed by atoms with Crippen LogP contribution in [0.5, 0.6) is 0 Å². The molecule has 0 radical (unpaired) electrons. The number of piperidine rings is 1. The molecule has 2 aliphatic heterocycles. The fraction of sp³-hybridized carbons (Fsp3) is 0.438. The van der Waals surface area contributed by atoms with E-state index in [0.717, 1.165) is 31.4 Å². The number of carbonyl (C=O) groups excluding carboxylic acids is 1. The number of carboxylic acid groups (broad SMARTS) is 1. The van der Waals surface area contributed by atoms with Crippen molar-refractivity contribution in [2.75, 3.05) is 11.4 Å². The number of ether oxygens (including phenoxy) is 1. The topological polar surface area (TPSA) is 118 Å². The molecule has 2 N–H and O–H groups in total. The molecule has 1 aliphatic carbocycles. The van der Waals surface area contributed by atoms with Crippen LogP contribution >= 0.6 is 11.3 Å². The number of amides is 1. The summed E-state index contributed by atoms with van der Waals surface area (Å²) in [5.41, 5.74) is 0.0852. The number of thiazole rings is 1. The molecule has 2 aromatic carbocycles. The van der Waals surface area contributed by atoms with E-state index in [-0.39, 0.29) is 53.0 Å². The maximum Gasteiger partial charge on any atom is 0.417 e. The monoisotopic (exact) mass is 658 g/mol. The molecule has 1 saturated carbocycles. The number of nitrogens with one attached hydrogen (secondary N) is 1. The van der Waals surface area contributed by atoms with Crippen LogP contribution in [0, 0.1) is 11.7 Å². The third-order valence-corrected chi connectivity index (χ3v) is 10.1. The number of nitrogens with zero attached hydrogens (tertiary/aromatic N) is 3. The molecule has 14 heteroatoms. The molecule has 4 atom stereocenters. The van der Waals surface area contributed by atoms with Gasteiger partial charge in [0.25, 0.3) is 5.91 Å². The second kappa shape index (κ2) is 11.6. The van der Waals surface area contributed by atoms with Gasteiger partial charge in [-0.3, -0.25) is 9.59 Å². The van der Waals surface area contributed by atoms with Crippen LogP contribution in [0.25, 0.3) is 21.5 Å². The Morgan fingerprint density at radius 3 is 2.67 bits per heavy atom. The molecule has 46 heavy (non-hydrogen) atoms. The minimum Gasteiger partial charge on any atom is -0.480 e. The lowest BCUT2D eigenvalue weighted by Gasteiger charge is -2.39. The van der Waals surface area contributed by atoms with Gasteiger partial charge in [-0.05, 0) is 56.2 Å². The minimum absolute atomic E-state index is 0.0152. The Morgan fingerprint density at radius 1 is 1.17 bits per heavy atom. The summed E-state index contributed by atoms with van der Waals surface area (Å²) < 4.78 is 69.2. The molecule has 2 aromatic heterocycles. The first-order valence-corrected chi connectivity index (χ1v) is 15.9. The normalized spacial score (nSPS) is 22.8. The highest BCUT2D eigenvalue weighted by atomic mass is 32.1. The number of aromatic nitrogens is 2.